The molecule has 0 aliphatic rings. The monoisotopic (exact) mass is 224 g/mol. The highest BCUT2D eigenvalue weighted by molar-refractivity contribution is 5.47. The Morgan fingerprint density at radius 2 is 2.00 bits per heavy atom. The number of aliphatic hydroxyl groups is 2. The highest BCUT2D eigenvalue weighted by Crippen LogP contribution is 2.20. The van der Waals surface area contributed by atoms with E-state index in [4.69, 9.17) is 10.8 Å². The molecule has 0 aliphatic carbocycles. The van der Waals surface area contributed by atoms with Gasteiger partial charge >= 0.3 is 0 Å². The van der Waals surface area contributed by atoms with Crippen LogP contribution in [-0.2, 0) is 0 Å². The Labute approximate surface area is 96.3 Å². The van der Waals surface area contributed by atoms with E-state index in [2.05, 4.69) is 0 Å². The highest BCUT2D eigenvalue weighted by Gasteiger charge is 2.15. The first-order valence-corrected chi connectivity index (χ1v) is 5.39. The van der Waals surface area contributed by atoms with E-state index in [0.717, 1.165) is 5.56 Å². The molecule has 0 amide bonds. The second-order valence-corrected chi connectivity index (χ2v) is 4.12. The minimum Gasteiger partial charge on any atom is -0.398 e. The third-order valence-corrected chi connectivity index (χ3v) is 2.83. The quantitative estimate of drug-likeness (QED) is 0.641. The van der Waals surface area contributed by atoms with Crippen LogP contribution in [0.1, 0.15) is 18.6 Å². The van der Waals surface area contributed by atoms with Crippen LogP contribution in [0.4, 0.5) is 5.69 Å². The van der Waals surface area contributed by atoms with Crippen molar-refractivity contribution in [3.05, 3.63) is 29.8 Å². The lowest BCUT2D eigenvalue weighted by atomic mass is 10.1. The summed E-state index contributed by atoms with van der Waals surface area (Å²) in [7, 11) is 1.86. The fourth-order valence-corrected chi connectivity index (χ4v) is 1.50. The molecule has 0 aromatic heterocycles. The van der Waals surface area contributed by atoms with Gasteiger partial charge in [-0.1, -0.05) is 18.2 Å². The maximum atomic E-state index is 10.0. The number of rotatable bonds is 5. The lowest BCUT2D eigenvalue weighted by molar-refractivity contribution is 0.0866. The Hall–Kier alpha value is -1.10. The summed E-state index contributed by atoms with van der Waals surface area (Å²) in [5.41, 5.74) is 7.11. The first kappa shape index (κ1) is 13.0. The third kappa shape index (κ3) is 3.20. The molecular formula is C12H20N2O2. The summed E-state index contributed by atoms with van der Waals surface area (Å²) in [6.07, 6.45) is -0.625. The molecule has 4 N–H and O–H groups in total. The van der Waals surface area contributed by atoms with Gasteiger partial charge in [0.2, 0.25) is 0 Å². The molecule has 1 rings (SSSR count). The maximum absolute atomic E-state index is 10.0. The van der Waals surface area contributed by atoms with E-state index in [1.165, 1.54) is 0 Å². The molecule has 0 saturated heterocycles. The van der Waals surface area contributed by atoms with Crippen molar-refractivity contribution in [2.45, 2.75) is 19.1 Å². The Morgan fingerprint density at radius 1 is 1.38 bits per heavy atom. The first-order chi connectivity index (χ1) is 7.56. The summed E-state index contributed by atoms with van der Waals surface area (Å²) >= 11 is 0. The van der Waals surface area contributed by atoms with Crippen molar-refractivity contribution >= 4 is 5.69 Å². The number of para-hydroxylation sites is 1. The largest absolute Gasteiger partial charge is 0.398 e. The van der Waals surface area contributed by atoms with E-state index in [9.17, 15) is 5.11 Å². The zero-order valence-corrected chi connectivity index (χ0v) is 9.80. The Bertz CT molecular complexity index is 331. The lowest BCUT2D eigenvalue weighted by Gasteiger charge is -2.26. The summed E-state index contributed by atoms with van der Waals surface area (Å²) in [6, 6.07) is 7.31. The fourth-order valence-electron chi connectivity index (χ4n) is 1.50. The minimum atomic E-state index is -0.625. The third-order valence-electron chi connectivity index (χ3n) is 2.83. The van der Waals surface area contributed by atoms with Crippen molar-refractivity contribution in [2.24, 2.45) is 0 Å². The fraction of sp³-hybridized carbons (Fsp3) is 0.500. The van der Waals surface area contributed by atoms with E-state index in [-0.39, 0.29) is 12.6 Å². The molecule has 4 heteroatoms. The molecular weight excluding hydrogens is 204 g/mol. The molecule has 1 aromatic rings. The van der Waals surface area contributed by atoms with E-state index in [1.54, 1.807) is 6.07 Å². The van der Waals surface area contributed by atoms with Crippen molar-refractivity contribution in [3.8, 4) is 0 Å². The Balaban J connectivity index is 2.65. The molecule has 90 valence electrons. The summed E-state index contributed by atoms with van der Waals surface area (Å²) in [5, 5.41) is 19.0. The molecule has 4 nitrogen and oxygen atoms in total. The number of hydrogen-bond acceptors (Lipinski definition) is 4. The topological polar surface area (TPSA) is 69.7 Å². The molecule has 1 aromatic carbocycles. The molecule has 0 fully saturated rings. The van der Waals surface area contributed by atoms with Crippen molar-refractivity contribution in [3.63, 3.8) is 0 Å². The molecule has 0 heterocycles. The molecule has 0 bridgehead atoms. The molecule has 16 heavy (non-hydrogen) atoms. The van der Waals surface area contributed by atoms with Gasteiger partial charge in [0.1, 0.15) is 0 Å². The number of nitrogen functional groups attached to an aromatic ring is 1. The molecule has 0 radical (unpaired) electrons. The van der Waals surface area contributed by atoms with Gasteiger partial charge in [-0.3, -0.25) is 4.90 Å². The number of likely N-dealkylation sites (N-methyl/N-ethyl adjacent to an activating group) is 1. The number of hydrogen-bond donors (Lipinski definition) is 3. The van der Waals surface area contributed by atoms with Crippen LogP contribution >= 0.6 is 0 Å². The highest BCUT2D eigenvalue weighted by atomic mass is 16.3. The van der Waals surface area contributed by atoms with Crippen LogP contribution in [0.15, 0.2) is 24.3 Å². The first-order valence-electron chi connectivity index (χ1n) is 5.39. The van der Waals surface area contributed by atoms with Crippen LogP contribution in [0.3, 0.4) is 0 Å². The van der Waals surface area contributed by atoms with Crippen LogP contribution in [0, 0.1) is 0 Å². The van der Waals surface area contributed by atoms with Gasteiger partial charge < -0.3 is 15.9 Å². The van der Waals surface area contributed by atoms with Gasteiger partial charge in [0.25, 0.3) is 0 Å². The van der Waals surface area contributed by atoms with E-state index < -0.39 is 6.10 Å². The van der Waals surface area contributed by atoms with Crippen molar-refractivity contribution in [1.82, 2.24) is 4.90 Å². The molecule has 0 spiro atoms. The summed E-state index contributed by atoms with van der Waals surface area (Å²) in [6.45, 7) is 2.44. The Morgan fingerprint density at radius 3 is 2.56 bits per heavy atom. The van der Waals surface area contributed by atoms with Crippen LogP contribution in [-0.4, -0.2) is 41.4 Å². The minimum absolute atomic E-state index is 0.0274. The van der Waals surface area contributed by atoms with E-state index in [0.29, 0.717) is 12.2 Å². The van der Waals surface area contributed by atoms with Gasteiger partial charge in [-0.05, 0) is 20.0 Å². The zero-order chi connectivity index (χ0) is 12.1. The predicted octanol–water partition coefficient (Wildman–Crippen LogP) is 0.615. The number of aliphatic hydroxyl groups excluding tert-OH is 2. The second-order valence-electron chi connectivity index (χ2n) is 4.12. The van der Waals surface area contributed by atoms with Crippen molar-refractivity contribution in [2.75, 3.05) is 25.9 Å². The lowest BCUT2D eigenvalue weighted by Crippen LogP contribution is -2.35. The van der Waals surface area contributed by atoms with Crippen LogP contribution in [0.25, 0.3) is 0 Å². The van der Waals surface area contributed by atoms with Gasteiger partial charge in [-0.2, -0.15) is 0 Å². The SMILES string of the molecule is CC(CO)N(C)CC(O)c1ccccc1N. The number of nitrogens with zero attached hydrogens (tertiary/aromatic N) is 1. The van der Waals surface area contributed by atoms with E-state index >= 15 is 0 Å². The van der Waals surface area contributed by atoms with Crippen LogP contribution in [0.2, 0.25) is 0 Å². The number of nitrogens with two attached hydrogens (primary N) is 1. The van der Waals surface area contributed by atoms with Gasteiger partial charge in [-0.15, -0.1) is 0 Å². The maximum Gasteiger partial charge on any atom is 0.0936 e. The zero-order valence-electron chi connectivity index (χ0n) is 9.80. The summed E-state index contributed by atoms with van der Waals surface area (Å²) in [5.74, 6) is 0. The van der Waals surface area contributed by atoms with E-state index in [1.807, 2.05) is 37.1 Å². The standard InChI is InChI=1S/C12H20N2O2/c1-9(8-15)14(2)7-12(16)10-5-3-4-6-11(10)13/h3-6,9,12,15-16H,7-8,13H2,1-2H3. The summed E-state index contributed by atoms with van der Waals surface area (Å²) < 4.78 is 0. The number of benzene rings is 1. The summed E-state index contributed by atoms with van der Waals surface area (Å²) in [4.78, 5) is 1.90. The molecule has 2 atom stereocenters. The van der Waals surface area contributed by atoms with Gasteiger partial charge in [0.15, 0.2) is 0 Å². The number of anilines is 1. The van der Waals surface area contributed by atoms with Gasteiger partial charge in [-0.25, -0.2) is 0 Å². The van der Waals surface area contributed by atoms with Crippen molar-refractivity contribution in [1.29, 1.82) is 0 Å². The average molecular weight is 224 g/mol. The van der Waals surface area contributed by atoms with Crippen molar-refractivity contribution < 1.29 is 10.2 Å². The molecule has 0 saturated carbocycles. The van der Waals surface area contributed by atoms with Gasteiger partial charge in [0.05, 0.1) is 12.7 Å². The smallest absolute Gasteiger partial charge is 0.0936 e. The normalized spacial score (nSPS) is 15.1. The second kappa shape index (κ2) is 5.84. The Kier molecular flexibility index (Phi) is 4.73. The van der Waals surface area contributed by atoms with Crippen LogP contribution in [0.5, 0.6) is 0 Å². The predicted molar refractivity (Wildman–Crippen MR) is 65.0 cm³/mol. The average Bonchev–Trinajstić information content (AvgIpc) is 2.28. The van der Waals surface area contributed by atoms with Crippen LogP contribution < -0.4 is 5.73 Å². The molecule has 0 aliphatic heterocycles. The molecule has 2 unspecified atom stereocenters. The van der Waals surface area contributed by atoms with Gasteiger partial charge in [0, 0.05) is 23.8 Å².